The zero-order valence-corrected chi connectivity index (χ0v) is 11.0. The van der Waals surface area contributed by atoms with Gasteiger partial charge in [0.15, 0.2) is 0 Å². The molecule has 2 fully saturated rings. The predicted molar refractivity (Wildman–Crippen MR) is 65.5 cm³/mol. The molecule has 0 amide bonds. The molecule has 1 saturated heterocycles. The van der Waals surface area contributed by atoms with Gasteiger partial charge in [0.1, 0.15) is 0 Å². The lowest BCUT2D eigenvalue weighted by Crippen LogP contribution is -2.51. The van der Waals surface area contributed by atoms with E-state index in [-0.39, 0.29) is 18.6 Å². The van der Waals surface area contributed by atoms with Crippen LogP contribution in [0.2, 0.25) is 0 Å². The lowest BCUT2D eigenvalue weighted by atomic mass is 9.81. The Morgan fingerprint density at radius 2 is 1.83 bits per heavy atom. The zero-order chi connectivity index (χ0) is 13.2. The minimum Gasteiger partial charge on any atom is -0.315 e. The Morgan fingerprint density at radius 3 is 2.44 bits per heavy atom. The van der Waals surface area contributed by atoms with E-state index in [9.17, 15) is 13.2 Å². The van der Waals surface area contributed by atoms with E-state index < -0.39 is 12.1 Å². The van der Waals surface area contributed by atoms with Crippen LogP contribution >= 0.6 is 0 Å². The van der Waals surface area contributed by atoms with E-state index in [2.05, 4.69) is 17.1 Å². The zero-order valence-electron chi connectivity index (χ0n) is 11.0. The molecule has 1 heterocycles. The average Bonchev–Trinajstić information content (AvgIpc) is 2.55. The number of hydrogen-bond acceptors (Lipinski definition) is 2. The molecule has 1 N–H and O–H groups in total. The Hall–Kier alpha value is -0.290. The minimum atomic E-state index is -4.08. The number of hydrogen-bond donors (Lipinski definition) is 1. The van der Waals surface area contributed by atoms with Gasteiger partial charge in [0.25, 0.3) is 0 Å². The summed E-state index contributed by atoms with van der Waals surface area (Å²) in [4.78, 5) is 2.09. The van der Waals surface area contributed by atoms with Crippen molar-refractivity contribution >= 4 is 0 Å². The fraction of sp³-hybridized carbons (Fsp3) is 1.00. The SMILES string of the molecule is CC1(N2CCNCC(C(F)(F)F)C2)CCCCC1. The second-order valence-electron chi connectivity index (χ2n) is 5.95. The van der Waals surface area contributed by atoms with Crippen LogP contribution in [0.25, 0.3) is 0 Å². The number of halogens is 3. The summed E-state index contributed by atoms with van der Waals surface area (Å²) in [6, 6.07) is 0. The summed E-state index contributed by atoms with van der Waals surface area (Å²) >= 11 is 0. The topological polar surface area (TPSA) is 15.3 Å². The number of nitrogens with zero attached hydrogens (tertiary/aromatic N) is 1. The third kappa shape index (κ3) is 3.18. The van der Waals surface area contributed by atoms with E-state index in [0.717, 1.165) is 32.2 Å². The van der Waals surface area contributed by atoms with Crippen LogP contribution in [-0.2, 0) is 0 Å². The van der Waals surface area contributed by atoms with Crippen LogP contribution in [0.4, 0.5) is 13.2 Å². The lowest BCUT2D eigenvalue weighted by molar-refractivity contribution is -0.179. The summed E-state index contributed by atoms with van der Waals surface area (Å²) in [6.45, 7) is 3.78. The van der Waals surface area contributed by atoms with Crippen molar-refractivity contribution in [3.8, 4) is 0 Å². The van der Waals surface area contributed by atoms with Crippen molar-refractivity contribution in [3.63, 3.8) is 0 Å². The smallest absolute Gasteiger partial charge is 0.315 e. The fourth-order valence-corrected chi connectivity index (χ4v) is 3.25. The summed E-state index contributed by atoms with van der Waals surface area (Å²) in [5.74, 6) is -1.22. The summed E-state index contributed by atoms with van der Waals surface area (Å²) in [5, 5.41) is 2.93. The van der Waals surface area contributed by atoms with Crippen LogP contribution in [0.3, 0.4) is 0 Å². The molecule has 2 nitrogen and oxygen atoms in total. The summed E-state index contributed by atoms with van der Waals surface area (Å²) in [6.07, 6.45) is 1.52. The predicted octanol–water partition coefficient (Wildman–Crippen LogP) is 2.79. The van der Waals surface area contributed by atoms with E-state index in [4.69, 9.17) is 0 Å². The molecule has 2 aliphatic rings. The van der Waals surface area contributed by atoms with E-state index in [1.807, 2.05) is 0 Å². The molecule has 106 valence electrons. The maximum Gasteiger partial charge on any atom is 0.394 e. The monoisotopic (exact) mass is 264 g/mol. The molecule has 1 aliphatic carbocycles. The molecule has 18 heavy (non-hydrogen) atoms. The van der Waals surface area contributed by atoms with E-state index in [0.29, 0.717) is 6.54 Å². The van der Waals surface area contributed by atoms with Gasteiger partial charge < -0.3 is 5.32 Å². The Balaban J connectivity index is 2.06. The highest BCUT2D eigenvalue weighted by molar-refractivity contribution is 4.92. The molecule has 0 bridgehead atoms. The second-order valence-corrected chi connectivity index (χ2v) is 5.95. The average molecular weight is 264 g/mol. The standard InChI is InChI=1S/C13H23F3N2/c1-12(5-3-2-4-6-12)18-8-7-17-9-11(10-18)13(14,15)16/h11,17H,2-10H2,1H3. The molecule has 0 aromatic carbocycles. The lowest BCUT2D eigenvalue weighted by Gasteiger charge is -2.44. The Kier molecular flexibility index (Phi) is 4.22. The molecule has 0 radical (unpaired) electrons. The van der Waals surface area contributed by atoms with Crippen LogP contribution in [0.15, 0.2) is 0 Å². The Labute approximate surface area is 107 Å². The van der Waals surface area contributed by atoms with Crippen molar-refractivity contribution in [3.05, 3.63) is 0 Å². The second kappa shape index (κ2) is 5.37. The van der Waals surface area contributed by atoms with Gasteiger partial charge in [0.2, 0.25) is 0 Å². The number of nitrogens with one attached hydrogen (secondary N) is 1. The molecule has 1 unspecified atom stereocenters. The first-order valence-electron chi connectivity index (χ1n) is 6.94. The van der Waals surface area contributed by atoms with Gasteiger partial charge in [-0.25, -0.2) is 0 Å². The molecular weight excluding hydrogens is 241 g/mol. The van der Waals surface area contributed by atoms with Gasteiger partial charge in [-0.05, 0) is 19.8 Å². The maximum atomic E-state index is 12.9. The number of rotatable bonds is 1. The molecule has 2 rings (SSSR count). The summed E-state index contributed by atoms with van der Waals surface area (Å²) in [7, 11) is 0. The molecule has 0 spiro atoms. The third-order valence-electron chi connectivity index (χ3n) is 4.55. The van der Waals surface area contributed by atoms with E-state index in [1.54, 1.807) is 0 Å². The minimum absolute atomic E-state index is 0.0201. The quantitative estimate of drug-likeness (QED) is 0.783. The van der Waals surface area contributed by atoms with Crippen molar-refractivity contribution in [2.24, 2.45) is 5.92 Å². The van der Waals surface area contributed by atoms with Crippen molar-refractivity contribution in [2.75, 3.05) is 26.2 Å². The summed E-state index contributed by atoms with van der Waals surface area (Å²) < 4.78 is 38.8. The van der Waals surface area contributed by atoms with Crippen molar-refractivity contribution in [1.82, 2.24) is 10.2 Å². The Bertz CT molecular complexity index is 272. The van der Waals surface area contributed by atoms with Gasteiger partial charge >= 0.3 is 6.18 Å². The molecule has 1 aliphatic heterocycles. The highest BCUT2D eigenvalue weighted by Gasteiger charge is 2.44. The molecule has 1 atom stereocenters. The van der Waals surface area contributed by atoms with Crippen LogP contribution in [0, 0.1) is 5.92 Å². The van der Waals surface area contributed by atoms with Crippen LogP contribution in [0.5, 0.6) is 0 Å². The molecular formula is C13H23F3N2. The first-order valence-corrected chi connectivity index (χ1v) is 6.94. The van der Waals surface area contributed by atoms with E-state index >= 15 is 0 Å². The van der Waals surface area contributed by atoms with Gasteiger partial charge in [0, 0.05) is 31.7 Å². The van der Waals surface area contributed by atoms with Crippen LogP contribution in [0.1, 0.15) is 39.0 Å². The van der Waals surface area contributed by atoms with Crippen LogP contribution in [-0.4, -0.2) is 42.8 Å². The first-order chi connectivity index (χ1) is 8.42. The number of alkyl halides is 3. The van der Waals surface area contributed by atoms with E-state index in [1.165, 1.54) is 6.42 Å². The normalized spacial score (nSPS) is 31.0. The molecule has 0 aromatic rings. The van der Waals surface area contributed by atoms with Gasteiger partial charge in [-0.1, -0.05) is 19.3 Å². The van der Waals surface area contributed by atoms with Crippen molar-refractivity contribution < 1.29 is 13.2 Å². The third-order valence-corrected chi connectivity index (χ3v) is 4.55. The highest BCUT2D eigenvalue weighted by atomic mass is 19.4. The summed E-state index contributed by atoms with van der Waals surface area (Å²) in [5.41, 5.74) is -0.0201. The first kappa shape index (κ1) is 14.1. The maximum absolute atomic E-state index is 12.9. The van der Waals surface area contributed by atoms with Crippen molar-refractivity contribution in [2.45, 2.75) is 50.7 Å². The van der Waals surface area contributed by atoms with Gasteiger partial charge in [-0.3, -0.25) is 4.90 Å². The van der Waals surface area contributed by atoms with Gasteiger partial charge in [0.05, 0.1) is 5.92 Å². The largest absolute Gasteiger partial charge is 0.394 e. The van der Waals surface area contributed by atoms with Crippen LogP contribution < -0.4 is 5.32 Å². The fourth-order valence-electron chi connectivity index (χ4n) is 3.25. The molecule has 5 heteroatoms. The van der Waals surface area contributed by atoms with Gasteiger partial charge in [-0.2, -0.15) is 13.2 Å². The van der Waals surface area contributed by atoms with Gasteiger partial charge in [-0.15, -0.1) is 0 Å². The highest BCUT2D eigenvalue weighted by Crippen LogP contribution is 2.36. The molecule has 1 saturated carbocycles. The molecule has 0 aromatic heterocycles. The van der Waals surface area contributed by atoms with Crippen molar-refractivity contribution in [1.29, 1.82) is 0 Å². The Morgan fingerprint density at radius 1 is 1.17 bits per heavy atom.